The van der Waals surface area contributed by atoms with E-state index in [1.54, 1.807) is 7.05 Å². The fraction of sp³-hybridized carbons (Fsp3) is 0.545. The van der Waals surface area contributed by atoms with Crippen LogP contribution in [0.4, 0.5) is 0 Å². The van der Waals surface area contributed by atoms with Gasteiger partial charge < -0.3 is 15.4 Å². The molecule has 1 unspecified atom stereocenters. The van der Waals surface area contributed by atoms with E-state index >= 15 is 0 Å². The third-order valence-corrected chi connectivity index (χ3v) is 4.32. The molecular weight excluding hydrogens is 270 g/mol. The number of nitrogens with two attached hydrogens (primary N) is 1. The Morgan fingerprint density at radius 2 is 2.21 bits per heavy atom. The van der Waals surface area contributed by atoms with Crippen LogP contribution in [-0.4, -0.2) is 36.6 Å². The zero-order valence-corrected chi connectivity index (χ0v) is 11.8. The zero-order valence-electron chi connectivity index (χ0n) is 11.0. The Balaban J connectivity index is 3.00. The number of carbonyl (C=O) groups is 1. The van der Waals surface area contributed by atoms with Gasteiger partial charge in [-0.15, -0.1) is 0 Å². The van der Waals surface area contributed by atoms with Gasteiger partial charge in [0.05, 0.1) is 0 Å². The molecule has 1 aromatic heterocycles. The number of aromatic nitrogens is 1. The van der Waals surface area contributed by atoms with Crippen LogP contribution in [0.3, 0.4) is 0 Å². The molecule has 0 saturated heterocycles. The van der Waals surface area contributed by atoms with Crippen molar-refractivity contribution in [1.29, 1.82) is 0 Å². The molecule has 1 amide bonds. The maximum atomic E-state index is 12.1. The SMILES string of the molecule is CCC(CCO)NS(=O)(=O)c1cc(C(N)=O)n(C)c1. The lowest BCUT2D eigenvalue weighted by molar-refractivity contribution is 0.0992. The Morgan fingerprint density at radius 3 is 2.63 bits per heavy atom. The molecule has 1 aromatic rings. The second-order valence-corrected chi connectivity index (χ2v) is 5.99. The molecule has 0 aromatic carbocycles. The smallest absolute Gasteiger partial charge is 0.265 e. The summed E-state index contributed by atoms with van der Waals surface area (Å²) in [6.07, 6.45) is 2.23. The Hall–Kier alpha value is -1.38. The highest BCUT2D eigenvalue weighted by atomic mass is 32.2. The van der Waals surface area contributed by atoms with Crippen LogP contribution in [0.5, 0.6) is 0 Å². The summed E-state index contributed by atoms with van der Waals surface area (Å²) in [5.74, 6) is -0.689. The molecule has 108 valence electrons. The van der Waals surface area contributed by atoms with Crippen molar-refractivity contribution in [2.24, 2.45) is 12.8 Å². The van der Waals surface area contributed by atoms with Gasteiger partial charge in [-0.1, -0.05) is 6.92 Å². The van der Waals surface area contributed by atoms with Crippen LogP contribution < -0.4 is 10.5 Å². The van der Waals surface area contributed by atoms with Crippen molar-refractivity contribution in [3.8, 4) is 0 Å². The molecule has 1 atom stereocenters. The maximum Gasteiger partial charge on any atom is 0.265 e. The number of rotatable bonds is 7. The normalized spacial score (nSPS) is 13.4. The molecule has 0 aliphatic carbocycles. The van der Waals surface area contributed by atoms with Crippen LogP contribution in [0.25, 0.3) is 0 Å². The number of nitrogens with zero attached hydrogens (tertiary/aromatic N) is 1. The van der Waals surface area contributed by atoms with Crippen molar-refractivity contribution in [2.45, 2.75) is 30.7 Å². The Kier molecular flexibility index (Phi) is 5.10. The van der Waals surface area contributed by atoms with Gasteiger partial charge in [0.15, 0.2) is 0 Å². The van der Waals surface area contributed by atoms with Crippen LogP contribution in [0.1, 0.15) is 30.3 Å². The number of aliphatic hydroxyl groups is 1. The number of primary amides is 1. The van der Waals surface area contributed by atoms with Crippen molar-refractivity contribution in [2.75, 3.05) is 6.61 Å². The predicted molar refractivity (Wildman–Crippen MR) is 70.0 cm³/mol. The van der Waals surface area contributed by atoms with Gasteiger partial charge in [-0.2, -0.15) is 0 Å². The van der Waals surface area contributed by atoms with Gasteiger partial charge in [-0.3, -0.25) is 4.79 Å². The van der Waals surface area contributed by atoms with Gasteiger partial charge >= 0.3 is 0 Å². The number of carbonyl (C=O) groups excluding carboxylic acids is 1. The second-order valence-electron chi connectivity index (χ2n) is 4.27. The van der Waals surface area contributed by atoms with Crippen LogP contribution in [0.2, 0.25) is 0 Å². The van der Waals surface area contributed by atoms with Crippen LogP contribution in [-0.2, 0) is 17.1 Å². The third-order valence-electron chi connectivity index (χ3n) is 2.83. The first kappa shape index (κ1) is 15.7. The summed E-state index contributed by atoms with van der Waals surface area (Å²) in [5, 5.41) is 8.86. The highest BCUT2D eigenvalue weighted by molar-refractivity contribution is 7.89. The summed E-state index contributed by atoms with van der Waals surface area (Å²) in [7, 11) is -2.17. The molecule has 0 spiro atoms. The number of nitrogens with one attached hydrogen (secondary N) is 1. The van der Waals surface area contributed by atoms with Gasteiger partial charge in [0.2, 0.25) is 10.0 Å². The molecule has 7 nitrogen and oxygen atoms in total. The van der Waals surface area contributed by atoms with E-state index in [0.29, 0.717) is 12.8 Å². The highest BCUT2D eigenvalue weighted by Crippen LogP contribution is 2.14. The Bertz CT molecular complexity index is 550. The van der Waals surface area contributed by atoms with Crippen molar-refractivity contribution >= 4 is 15.9 Å². The molecule has 0 saturated carbocycles. The molecule has 1 heterocycles. The average molecular weight is 289 g/mol. The van der Waals surface area contributed by atoms with Crippen molar-refractivity contribution in [1.82, 2.24) is 9.29 Å². The molecule has 0 fully saturated rings. The van der Waals surface area contributed by atoms with Crippen LogP contribution >= 0.6 is 0 Å². The van der Waals surface area contributed by atoms with Crippen molar-refractivity contribution in [3.05, 3.63) is 18.0 Å². The molecule has 0 aliphatic heterocycles. The number of aliphatic hydroxyl groups excluding tert-OH is 1. The summed E-state index contributed by atoms with van der Waals surface area (Å²) in [6.45, 7) is 1.73. The van der Waals surface area contributed by atoms with Gasteiger partial charge in [0, 0.05) is 25.9 Å². The molecular formula is C11H19N3O4S. The number of aryl methyl sites for hydroxylation is 1. The largest absolute Gasteiger partial charge is 0.396 e. The van der Waals surface area contributed by atoms with Gasteiger partial charge in [-0.05, 0) is 18.9 Å². The quantitative estimate of drug-likeness (QED) is 0.631. The lowest BCUT2D eigenvalue weighted by Crippen LogP contribution is -2.34. The Labute approximate surface area is 112 Å². The Morgan fingerprint density at radius 1 is 1.58 bits per heavy atom. The van der Waals surface area contributed by atoms with E-state index < -0.39 is 15.9 Å². The lowest BCUT2D eigenvalue weighted by atomic mass is 10.2. The van der Waals surface area contributed by atoms with E-state index in [4.69, 9.17) is 10.8 Å². The molecule has 0 bridgehead atoms. The minimum absolute atomic E-state index is 0.0137. The molecule has 8 heteroatoms. The molecule has 4 N–H and O–H groups in total. The first-order chi connectivity index (χ1) is 8.81. The fourth-order valence-electron chi connectivity index (χ4n) is 1.72. The number of hydrogen-bond donors (Lipinski definition) is 3. The van der Waals surface area contributed by atoms with E-state index in [9.17, 15) is 13.2 Å². The number of hydrogen-bond acceptors (Lipinski definition) is 4. The molecule has 0 aliphatic rings. The first-order valence-corrected chi connectivity index (χ1v) is 7.39. The monoisotopic (exact) mass is 289 g/mol. The summed E-state index contributed by atoms with van der Waals surface area (Å²) < 4.78 is 28.1. The lowest BCUT2D eigenvalue weighted by Gasteiger charge is -2.14. The van der Waals surface area contributed by atoms with E-state index in [2.05, 4.69) is 4.72 Å². The average Bonchev–Trinajstić information content (AvgIpc) is 2.71. The van der Waals surface area contributed by atoms with E-state index in [0.717, 1.165) is 0 Å². The fourth-order valence-corrected chi connectivity index (χ4v) is 3.14. The van der Waals surface area contributed by atoms with Crippen molar-refractivity contribution < 1.29 is 18.3 Å². The third kappa shape index (κ3) is 3.79. The predicted octanol–water partition coefficient (Wildman–Crippen LogP) is -0.437. The van der Waals surface area contributed by atoms with E-state index in [1.165, 1.54) is 16.8 Å². The first-order valence-electron chi connectivity index (χ1n) is 5.91. The summed E-state index contributed by atoms with van der Waals surface area (Å²) in [6, 6.07) is 0.892. The van der Waals surface area contributed by atoms with Gasteiger partial charge in [0.1, 0.15) is 10.6 Å². The number of sulfonamides is 1. The van der Waals surface area contributed by atoms with Gasteiger partial charge in [0.25, 0.3) is 5.91 Å². The van der Waals surface area contributed by atoms with Crippen molar-refractivity contribution in [3.63, 3.8) is 0 Å². The van der Waals surface area contributed by atoms with E-state index in [-0.39, 0.29) is 23.2 Å². The molecule has 1 rings (SSSR count). The molecule has 0 radical (unpaired) electrons. The number of amides is 1. The topological polar surface area (TPSA) is 114 Å². The van der Waals surface area contributed by atoms with Crippen LogP contribution in [0.15, 0.2) is 17.2 Å². The highest BCUT2D eigenvalue weighted by Gasteiger charge is 2.22. The summed E-state index contributed by atoms with van der Waals surface area (Å²) >= 11 is 0. The second kappa shape index (κ2) is 6.18. The summed E-state index contributed by atoms with van der Waals surface area (Å²) in [5.41, 5.74) is 5.26. The van der Waals surface area contributed by atoms with Crippen LogP contribution in [0, 0.1) is 0 Å². The maximum absolute atomic E-state index is 12.1. The minimum atomic E-state index is -3.72. The standard InChI is InChI=1S/C11H19N3O4S/c1-3-8(4-5-15)13-19(17,18)9-6-10(11(12)16)14(2)7-9/h6-8,13,15H,3-5H2,1-2H3,(H2,12,16). The van der Waals surface area contributed by atoms with Gasteiger partial charge in [-0.25, -0.2) is 13.1 Å². The molecule has 19 heavy (non-hydrogen) atoms. The minimum Gasteiger partial charge on any atom is -0.396 e. The summed E-state index contributed by atoms with van der Waals surface area (Å²) in [4.78, 5) is 11.1. The van der Waals surface area contributed by atoms with E-state index in [1.807, 2.05) is 6.92 Å². The zero-order chi connectivity index (χ0) is 14.6.